The van der Waals surface area contributed by atoms with Gasteiger partial charge in [0.15, 0.2) is 0 Å². The molecule has 0 amide bonds. The number of rotatable bonds is 9. The van der Waals surface area contributed by atoms with Gasteiger partial charge in [-0.15, -0.1) is 0 Å². The van der Waals surface area contributed by atoms with Crippen molar-refractivity contribution in [3.05, 3.63) is 25.0 Å². The van der Waals surface area contributed by atoms with E-state index in [0.29, 0.717) is 6.42 Å². The van der Waals surface area contributed by atoms with E-state index in [1.807, 2.05) is 0 Å². The zero-order valence-corrected chi connectivity index (χ0v) is 34.8. The quantitative estimate of drug-likeness (QED) is 0.0754. The van der Waals surface area contributed by atoms with Crippen LogP contribution in [0.3, 0.4) is 0 Å². The first-order valence-electron chi connectivity index (χ1n) is 13.0. The summed E-state index contributed by atoms with van der Waals surface area (Å²) in [5.74, 6) is -10.2. The van der Waals surface area contributed by atoms with Crippen molar-refractivity contribution in [1.82, 2.24) is 0 Å². The zero-order valence-electron chi connectivity index (χ0n) is 28.8. The normalized spacial score (nSPS) is 16.6. The van der Waals surface area contributed by atoms with Crippen molar-refractivity contribution in [2.24, 2.45) is 23.7 Å². The van der Waals surface area contributed by atoms with Gasteiger partial charge >= 0.3 is 124 Å². The van der Waals surface area contributed by atoms with E-state index in [1.54, 1.807) is 13.8 Å². The van der Waals surface area contributed by atoms with Crippen LogP contribution in [0.2, 0.25) is 0 Å². The molecule has 0 bridgehead atoms. The number of ether oxygens (including phenoxy) is 4. The second-order valence-electron chi connectivity index (χ2n) is 9.25. The Morgan fingerprint density at radius 1 is 0.840 bits per heavy atom. The van der Waals surface area contributed by atoms with Gasteiger partial charge < -0.3 is 53.8 Å². The summed E-state index contributed by atoms with van der Waals surface area (Å²) < 4.78 is 17.5. The van der Waals surface area contributed by atoms with Crippen LogP contribution in [0.15, 0.2) is 25.0 Å². The second-order valence-corrected chi connectivity index (χ2v) is 9.25. The molecular formula is C30H45Na3O17. The number of aliphatic hydroxyl groups excluding tert-OH is 1. The average Bonchev–Trinajstić information content (AvgIpc) is 3.37. The largest absolute Gasteiger partial charge is 1.00 e. The third kappa shape index (κ3) is 37.3. The molecule has 1 fully saturated rings. The van der Waals surface area contributed by atoms with E-state index in [-0.39, 0.29) is 122 Å². The Balaban J connectivity index is -0.0000000766. The molecule has 0 radical (unpaired) electrons. The molecular weight excluding hydrogens is 701 g/mol. The predicted molar refractivity (Wildman–Crippen MR) is 155 cm³/mol. The number of carbonyl (C=O) groups excluding carboxylic acids is 9. The Bertz CT molecular complexity index is 1100. The molecule has 0 aliphatic carbocycles. The summed E-state index contributed by atoms with van der Waals surface area (Å²) in [4.78, 5) is 92.2. The topological polar surface area (TPSA) is 280 Å². The van der Waals surface area contributed by atoms with E-state index < -0.39 is 77.5 Å². The van der Waals surface area contributed by atoms with Crippen molar-refractivity contribution in [3.63, 3.8) is 0 Å². The van der Waals surface area contributed by atoms with E-state index >= 15 is 0 Å². The van der Waals surface area contributed by atoms with Gasteiger partial charge in [0.1, 0.15) is 0 Å². The number of carbonyl (C=O) groups is 9. The van der Waals surface area contributed by atoms with Gasteiger partial charge in [0.2, 0.25) is 0 Å². The van der Waals surface area contributed by atoms with Gasteiger partial charge in [0.25, 0.3) is 0 Å². The number of hydrogen-bond donors (Lipinski definition) is 1. The summed E-state index contributed by atoms with van der Waals surface area (Å²) in [6.07, 6.45) is 2.20. The van der Waals surface area contributed by atoms with Gasteiger partial charge in [-0.3, -0.25) is 19.2 Å². The first kappa shape index (κ1) is 66.3. The van der Waals surface area contributed by atoms with E-state index in [2.05, 4.69) is 20.8 Å². The monoisotopic (exact) mass is 746 g/mol. The molecule has 0 aromatic heterocycles. The number of aliphatic carboxylic acids is 3. The molecule has 1 saturated heterocycles. The zero-order chi connectivity index (χ0) is 36.0. The number of carboxylic acid groups (broad SMARTS) is 3. The van der Waals surface area contributed by atoms with Crippen molar-refractivity contribution in [3.8, 4) is 0 Å². The van der Waals surface area contributed by atoms with E-state index in [9.17, 15) is 48.6 Å². The van der Waals surface area contributed by atoms with Crippen LogP contribution in [0, 0.1) is 23.7 Å². The molecule has 6 unspecified atom stereocenters. The Morgan fingerprint density at radius 2 is 1.26 bits per heavy atom. The molecule has 2 aliphatic heterocycles. The smallest absolute Gasteiger partial charge is 0.550 e. The first-order chi connectivity index (χ1) is 20.6. The molecule has 2 aliphatic rings. The van der Waals surface area contributed by atoms with Crippen LogP contribution >= 0.6 is 0 Å². The maximum absolute atomic E-state index is 11.2. The first-order valence-corrected chi connectivity index (χ1v) is 13.0. The number of esters is 6. The Morgan fingerprint density at radius 3 is 1.46 bits per heavy atom. The van der Waals surface area contributed by atoms with Crippen molar-refractivity contribution in [2.45, 2.75) is 88.4 Å². The minimum absolute atomic E-state index is 0. The summed E-state index contributed by atoms with van der Waals surface area (Å²) in [6, 6.07) is 0. The second kappa shape index (κ2) is 36.8. The molecule has 2 heterocycles. The molecule has 0 spiro atoms. The Labute approximate surface area is 358 Å². The number of carboxylic acids is 3. The molecule has 6 atom stereocenters. The Hall–Kier alpha value is -1.93. The van der Waals surface area contributed by atoms with Crippen molar-refractivity contribution in [1.29, 1.82) is 0 Å². The summed E-state index contributed by atoms with van der Waals surface area (Å²) in [6.45, 7) is 12.7. The van der Waals surface area contributed by atoms with Crippen LogP contribution in [-0.4, -0.2) is 71.0 Å². The van der Waals surface area contributed by atoms with Crippen molar-refractivity contribution in [2.75, 3.05) is 0 Å². The molecule has 1 N–H and O–H groups in total. The molecule has 0 aromatic carbocycles. The fourth-order valence-electron chi connectivity index (χ4n) is 3.08. The molecule has 0 saturated carbocycles. The third-order valence-electron chi connectivity index (χ3n) is 5.11. The van der Waals surface area contributed by atoms with Gasteiger partial charge in [0.05, 0.1) is 30.3 Å². The molecule has 50 heavy (non-hydrogen) atoms. The molecule has 20 heteroatoms. The maximum atomic E-state index is 11.2. The van der Waals surface area contributed by atoms with Gasteiger partial charge in [-0.2, -0.15) is 0 Å². The van der Waals surface area contributed by atoms with Crippen LogP contribution in [0.1, 0.15) is 76.2 Å². The average molecular weight is 747 g/mol. The summed E-state index contributed by atoms with van der Waals surface area (Å²) >= 11 is 0. The number of hydrogen-bond acceptors (Lipinski definition) is 17. The fourth-order valence-corrected chi connectivity index (χ4v) is 3.08. The van der Waals surface area contributed by atoms with Crippen LogP contribution in [-0.2, 0) is 62.1 Å². The van der Waals surface area contributed by atoms with Gasteiger partial charge in [-0.1, -0.05) is 35.3 Å². The maximum Gasteiger partial charge on any atom is 1.00 e. The predicted octanol–water partition coefficient (Wildman–Crippen LogP) is -10.5. The van der Waals surface area contributed by atoms with Gasteiger partial charge in [0, 0.05) is 55.7 Å². The SMILES string of the molecule is C.C.C=COC(C)=O.CC(=O)OC(C)CC1C(=O)OC(=O)C1C.CC(=O)[O-].CC(O)CC(C(=O)[O-])C(C)C(=O)[O-].O=C1C=CC(=O)O1.[Na+].[Na+].[Na+]. The summed E-state index contributed by atoms with van der Waals surface area (Å²) in [7, 11) is 0. The molecule has 2 rings (SSSR count). The summed E-state index contributed by atoms with van der Waals surface area (Å²) in [5, 5.41) is 38.6. The third-order valence-corrected chi connectivity index (χ3v) is 5.11. The number of cyclic esters (lactones) is 4. The van der Waals surface area contributed by atoms with Crippen LogP contribution in [0.4, 0.5) is 0 Å². The van der Waals surface area contributed by atoms with Gasteiger partial charge in [-0.05, 0) is 33.6 Å². The fraction of sp³-hybridized carbons (Fsp3) is 0.567. The minimum Gasteiger partial charge on any atom is -0.550 e. The standard InChI is InChI=1S/C10H14O5.C8H14O5.C4H2O3.C4H6O2.C2H4O2.2CH4.3Na/c1-5(14-7(3)11)4-8-6(2)9(12)15-10(8)13;1-4(9)3-6(8(12)13)5(2)7(10)11;5-3-1-2-4(6)7-3;1-3-6-4(2)5;1-2(3)4;;;;;/h5-6,8H,4H2,1-3H3;4-6,9H,3H2,1-2H3,(H,10,11)(H,12,13);1-2H;3H,1H2,2H3;1H3,(H,3,4);2*1H4;;;/q;;;;;;;3*+1/p-3. The van der Waals surface area contributed by atoms with E-state index in [0.717, 1.165) is 25.3 Å². The van der Waals surface area contributed by atoms with Crippen LogP contribution in [0.25, 0.3) is 0 Å². The number of aliphatic hydroxyl groups is 1. The van der Waals surface area contributed by atoms with E-state index in [4.69, 9.17) is 19.7 Å². The molecule has 0 aromatic rings. The summed E-state index contributed by atoms with van der Waals surface area (Å²) in [5.41, 5.74) is 0. The van der Waals surface area contributed by atoms with Crippen molar-refractivity contribution < 1.29 is 171 Å². The van der Waals surface area contributed by atoms with Crippen LogP contribution in [0.5, 0.6) is 0 Å². The van der Waals surface area contributed by atoms with Crippen LogP contribution < -0.4 is 104 Å². The Kier molecular flexibility index (Phi) is 48.9. The van der Waals surface area contributed by atoms with Gasteiger partial charge in [-0.25, -0.2) is 9.59 Å². The molecule has 270 valence electrons. The molecule has 17 nitrogen and oxygen atoms in total. The van der Waals surface area contributed by atoms with E-state index in [1.165, 1.54) is 27.7 Å². The minimum atomic E-state index is -1.47. The van der Waals surface area contributed by atoms with Crippen molar-refractivity contribution >= 4 is 53.7 Å².